The summed E-state index contributed by atoms with van der Waals surface area (Å²) in [5.74, 6) is 0.523. The van der Waals surface area contributed by atoms with Crippen LogP contribution in [0.2, 0.25) is 0 Å². The first-order chi connectivity index (χ1) is 4.18. The Hall–Kier alpha value is -0.330. The zero-order valence-corrected chi connectivity index (χ0v) is 6.65. The van der Waals surface area contributed by atoms with E-state index in [4.69, 9.17) is 0 Å². The third-order valence-corrected chi connectivity index (χ3v) is 0.686. The summed E-state index contributed by atoms with van der Waals surface area (Å²) >= 11 is 0. The summed E-state index contributed by atoms with van der Waals surface area (Å²) in [5, 5.41) is 0. The van der Waals surface area contributed by atoms with Gasteiger partial charge in [0, 0.05) is 0 Å². The van der Waals surface area contributed by atoms with Crippen LogP contribution >= 0.6 is 0 Å². The van der Waals surface area contributed by atoms with Gasteiger partial charge in [0.2, 0.25) is 0 Å². The van der Waals surface area contributed by atoms with Crippen LogP contribution in [0.5, 0.6) is 0 Å². The zero-order valence-electron chi connectivity index (χ0n) is 6.65. The van der Waals surface area contributed by atoms with E-state index < -0.39 is 0 Å². The fraction of sp³-hybridized carbons (Fsp3) is 0.750. The Morgan fingerprint density at radius 2 is 1.89 bits per heavy atom. The normalized spacial score (nSPS) is 8.11. The van der Waals surface area contributed by atoms with E-state index in [2.05, 4.69) is 6.58 Å². The number of allylic oxidation sites excluding steroid dienone is 1. The molecule has 0 aliphatic carbocycles. The number of hydrogen-bond donors (Lipinski definition) is 0. The van der Waals surface area contributed by atoms with E-state index in [-0.39, 0.29) is 6.67 Å². The van der Waals surface area contributed by atoms with E-state index in [1.807, 2.05) is 20.8 Å². The minimum Gasteiger partial charge on any atom is -0.251 e. The maximum atomic E-state index is 11.2. The van der Waals surface area contributed by atoms with Crippen LogP contribution in [0.4, 0.5) is 4.39 Å². The second-order valence-corrected chi connectivity index (χ2v) is 2.28. The van der Waals surface area contributed by atoms with Crippen molar-refractivity contribution in [3.8, 4) is 0 Å². The van der Waals surface area contributed by atoms with E-state index >= 15 is 0 Å². The van der Waals surface area contributed by atoms with Gasteiger partial charge in [-0.3, -0.25) is 4.39 Å². The van der Waals surface area contributed by atoms with Crippen molar-refractivity contribution in [2.75, 3.05) is 6.67 Å². The van der Waals surface area contributed by atoms with Crippen molar-refractivity contribution in [2.24, 2.45) is 5.92 Å². The topological polar surface area (TPSA) is 0 Å². The molecule has 0 nitrogen and oxygen atoms in total. The van der Waals surface area contributed by atoms with Crippen LogP contribution in [0.3, 0.4) is 0 Å². The summed E-state index contributed by atoms with van der Waals surface area (Å²) in [6, 6.07) is 0. The maximum Gasteiger partial charge on any atom is 0.0896 e. The summed E-state index contributed by atoms with van der Waals surface area (Å²) in [6.45, 7) is 9.11. The van der Waals surface area contributed by atoms with E-state index in [0.717, 1.165) is 0 Å². The predicted octanol–water partition coefficient (Wildman–Crippen LogP) is 3.19. The lowest BCUT2D eigenvalue weighted by Crippen LogP contribution is -1.85. The molecule has 0 N–H and O–H groups in total. The van der Waals surface area contributed by atoms with E-state index in [9.17, 15) is 4.39 Å². The minimum atomic E-state index is -0.169. The van der Waals surface area contributed by atoms with Crippen molar-refractivity contribution in [2.45, 2.75) is 27.2 Å². The molecule has 0 unspecified atom stereocenters. The molecule has 0 aliphatic rings. The van der Waals surface area contributed by atoms with Gasteiger partial charge in [-0.25, -0.2) is 0 Å². The van der Waals surface area contributed by atoms with Gasteiger partial charge >= 0.3 is 0 Å². The van der Waals surface area contributed by atoms with Crippen molar-refractivity contribution >= 4 is 0 Å². The average molecular weight is 132 g/mol. The monoisotopic (exact) mass is 132 g/mol. The second kappa shape index (κ2) is 10.6. The first-order valence-corrected chi connectivity index (χ1v) is 3.32. The molecule has 0 saturated carbocycles. The fourth-order valence-corrected chi connectivity index (χ4v) is 0.218. The van der Waals surface area contributed by atoms with Crippen LogP contribution in [0.15, 0.2) is 12.7 Å². The lowest BCUT2D eigenvalue weighted by Gasteiger charge is -1.93. The molecule has 0 aromatic heterocycles. The predicted molar refractivity (Wildman–Crippen MR) is 41.3 cm³/mol. The number of alkyl halides is 1. The van der Waals surface area contributed by atoms with Crippen LogP contribution in [-0.2, 0) is 0 Å². The van der Waals surface area contributed by atoms with Gasteiger partial charge in [-0.05, 0) is 19.3 Å². The summed E-state index contributed by atoms with van der Waals surface area (Å²) in [5.41, 5.74) is 0. The molecule has 0 radical (unpaired) electrons. The van der Waals surface area contributed by atoms with Crippen LogP contribution in [0, 0.1) is 5.92 Å². The Kier molecular flexibility index (Phi) is 13.5. The Balaban J connectivity index is 0. The Bertz CT molecular complexity index is 48.5. The molecule has 0 amide bonds. The van der Waals surface area contributed by atoms with Gasteiger partial charge in [-0.15, -0.1) is 6.58 Å². The molecule has 0 spiro atoms. The van der Waals surface area contributed by atoms with Gasteiger partial charge in [-0.2, -0.15) is 0 Å². The van der Waals surface area contributed by atoms with Crippen molar-refractivity contribution in [1.29, 1.82) is 0 Å². The van der Waals surface area contributed by atoms with Crippen molar-refractivity contribution in [3.05, 3.63) is 12.7 Å². The van der Waals surface area contributed by atoms with E-state index in [1.54, 1.807) is 6.08 Å². The van der Waals surface area contributed by atoms with Gasteiger partial charge in [0.25, 0.3) is 0 Å². The Labute approximate surface area is 57.8 Å². The standard InChI is InChI=1S/C5H11F.C3H6/c1-5(2)3-4-6;1-3-2/h5H,3-4H2,1-2H3;3H,1H2,2H3. The molecule has 0 fully saturated rings. The molecule has 56 valence electrons. The van der Waals surface area contributed by atoms with Crippen LogP contribution in [-0.4, -0.2) is 6.67 Å². The summed E-state index contributed by atoms with van der Waals surface area (Å²) < 4.78 is 11.2. The first-order valence-electron chi connectivity index (χ1n) is 3.32. The molecule has 0 aromatic rings. The summed E-state index contributed by atoms with van der Waals surface area (Å²) in [7, 11) is 0. The first kappa shape index (κ1) is 11.5. The van der Waals surface area contributed by atoms with Gasteiger partial charge < -0.3 is 0 Å². The van der Waals surface area contributed by atoms with Crippen LogP contribution < -0.4 is 0 Å². The SMILES string of the molecule is C=CC.CC(C)CCF. The highest BCUT2D eigenvalue weighted by Gasteiger charge is 1.87. The molecule has 0 atom stereocenters. The maximum absolute atomic E-state index is 11.2. The summed E-state index contributed by atoms with van der Waals surface area (Å²) in [4.78, 5) is 0. The van der Waals surface area contributed by atoms with Crippen molar-refractivity contribution in [3.63, 3.8) is 0 Å². The molecule has 0 rings (SSSR count). The fourth-order valence-electron chi connectivity index (χ4n) is 0.218. The van der Waals surface area contributed by atoms with Crippen molar-refractivity contribution in [1.82, 2.24) is 0 Å². The highest BCUT2D eigenvalue weighted by Crippen LogP contribution is 1.96. The lowest BCUT2D eigenvalue weighted by atomic mass is 10.2. The van der Waals surface area contributed by atoms with E-state index in [0.29, 0.717) is 12.3 Å². The Morgan fingerprint density at radius 1 is 1.56 bits per heavy atom. The number of rotatable bonds is 2. The molecule has 0 heterocycles. The number of hydrogen-bond acceptors (Lipinski definition) is 0. The quantitative estimate of drug-likeness (QED) is 0.506. The van der Waals surface area contributed by atoms with E-state index in [1.165, 1.54) is 0 Å². The summed E-state index contributed by atoms with van der Waals surface area (Å²) in [6.07, 6.45) is 2.46. The molecule has 1 heteroatoms. The Morgan fingerprint density at radius 3 is 1.89 bits per heavy atom. The highest BCUT2D eigenvalue weighted by molar-refractivity contribution is 4.51. The van der Waals surface area contributed by atoms with Gasteiger partial charge in [0.05, 0.1) is 6.67 Å². The highest BCUT2D eigenvalue weighted by atomic mass is 19.1. The second-order valence-electron chi connectivity index (χ2n) is 2.28. The van der Waals surface area contributed by atoms with Crippen molar-refractivity contribution < 1.29 is 4.39 Å². The van der Waals surface area contributed by atoms with Crippen LogP contribution in [0.25, 0.3) is 0 Å². The minimum absolute atomic E-state index is 0.169. The third kappa shape index (κ3) is 34.6. The smallest absolute Gasteiger partial charge is 0.0896 e. The zero-order chi connectivity index (χ0) is 7.70. The molecular weight excluding hydrogens is 115 g/mol. The third-order valence-electron chi connectivity index (χ3n) is 0.686. The van der Waals surface area contributed by atoms with Gasteiger partial charge in [0.1, 0.15) is 0 Å². The molecule has 0 saturated heterocycles. The molecule has 9 heavy (non-hydrogen) atoms. The molecule has 0 aromatic carbocycles. The van der Waals surface area contributed by atoms with Gasteiger partial charge in [0.15, 0.2) is 0 Å². The lowest BCUT2D eigenvalue weighted by molar-refractivity contribution is 0.420. The molecule has 0 aliphatic heterocycles. The average Bonchev–Trinajstić information content (AvgIpc) is 1.67. The van der Waals surface area contributed by atoms with Gasteiger partial charge in [-0.1, -0.05) is 19.9 Å². The molecule has 0 bridgehead atoms. The van der Waals surface area contributed by atoms with Crippen LogP contribution in [0.1, 0.15) is 27.2 Å². The molecular formula is C8H17F. The largest absolute Gasteiger partial charge is 0.251 e. The number of halogens is 1.